The quantitative estimate of drug-likeness (QED) is 0.843. The normalized spacial score (nSPS) is 11.9. The summed E-state index contributed by atoms with van der Waals surface area (Å²) in [5.41, 5.74) is 1.04. The Morgan fingerprint density at radius 3 is 2.76 bits per heavy atom. The molecule has 0 aliphatic heterocycles. The van der Waals surface area contributed by atoms with Gasteiger partial charge in [0.1, 0.15) is 6.04 Å². The largest absolute Gasteiger partial charge is 0.480 e. The number of hydrogen-bond acceptors (Lipinski definition) is 3. The summed E-state index contributed by atoms with van der Waals surface area (Å²) >= 11 is 1.56. The monoisotopic (exact) mass is 256 g/mol. The maximum Gasteiger partial charge on any atom is 0.326 e. The Hall–Kier alpha value is -1.56. The first-order chi connectivity index (χ1) is 8.04. The molecule has 2 N–H and O–H groups in total. The molecule has 1 heterocycles. The van der Waals surface area contributed by atoms with Gasteiger partial charge in [-0.1, -0.05) is 6.92 Å². The lowest BCUT2D eigenvalue weighted by atomic mass is 10.2. The number of carboxylic acid groups (broad SMARTS) is 1. The van der Waals surface area contributed by atoms with E-state index in [-0.39, 0.29) is 6.03 Å². The van der Waals surface area contributed by atoms with Crippen LogP contribution >= 0.6 is 11.3 Å². The lowest BCUT2D eigenvalue weighted by Crippen LogP contribution is -2.46. The van der Waals surface area contributed by atoms with Gasteiger partial charge in [0.15, 0.2) is 0 Å². The third-order valence-electron chi connectivity index (χ3n) is 2.35. The molecule has 0 aromatic carbocycles. The molecular formula is C11H16N2O3S. The topological polar surface area (TPSA) is 69.6 Å². The molecule has 1 aromatic rings. The summed E-state index contributed by atoms with van der Waals surface area (Å²) in [7, 11) is 1.64. The van der Waals surface area contributed by atoms with E-state index in [1.807, 2.05) is 16.8 Å². The molecule has 1 atom stereocenters. The van der Waals surface area contributed by atoms with Gasteiger partial charge in [0, 0.05) is 13.6 Å². The minimum Gasteiger partial charge on any atom is -0.480 e. The average molecular weight is 256 g/mol. The Labute approximate surface area is 104 Å². The molecule has 17 heavy (non-hydrogen) atoms. The van der Waals surface area contributed by atoms with Crippen molar-refractivity contribution in [3.8, 4) is 0 Å². The van der Waals surface area contributed by atoms with Gasteiger partial charge in [0.05, 0.1) is 0 Å². The summed E-state index contributed by atoms with van der Waals surface area (Å²) in [6.45, 7) is 2.20. The first-order valence-corrected chi connectivity index (χ1v) is 6.24. The van der Waals surface area contributed by atoms with Crippen molar-refractivity contribution in [2.75, 3.05) is 7.05 Å². The molecule has 6 heteroatoms. The molecule has 0 fully saturated rings. The third kappa shape index (κ3) is 4.07. The van der Waals surface area contributed by atoms with Crippen molar-refractivity contribution in [2.45, 2.75) is 25.9 Å². The van der Waals surface area contributed by atoms with Crippen molar-refractivity contribution in [1.29, 1.82) is 0 Å². The minimum absolute atomic E-state index is 0.368. The summed E-state index contributed by atoms with van der Waals surface area (Å²) in [5, 5.41) is 15.2. The zero-order chi connectivity index (χ0) is 12.8. The average Bonchev–Trinajstić information content (AvgIpc) is 2.77. The number of carbonyl (C=O) groups excluding carboxylic acids is 1. The summed E-state index contributed by atoms with van der Waals surface area (Å²) in [6.07, 6.45) is 0.368. The van der Waals surface area contributed by atoms with Crippen molar-refractivity contribution in [3.05, 3.63) is 22.4 Å². The van der Waals surface area contributed by atoms with Crippen LogP contribution in [0.4, 0.5) is 4.79 Å². The number of hydrogen-bond donors (Lipinski definition) is 2. The van der Waals surface area contributed by atoms with E-state index in [9.17, 15) is 9.59 Å². The summed E-state index contributed by atoms with van der Waals surface area (Å²) in [6, 6.07) is 0.737. The molecule has 0 saturated carbocycles. The second-order valence-corrected chi connectivity index (χ2v) is 4.52. The van der Waals surface area contributed by atoms with E-state index in [1.165, 1.54) is 4.90 Å². The summed E-state index contributed by atoms with van der Waals surface area (Å²) in [4.78, 5) is 23.9. The Kier molecular flexibility index (Phi) is 4.96. The van der Waals surface area contributed by atoms with E-state index in [0.717, 1.165) is 5.56 Å². The maximum atomic E-state index is 11.7. The number of rotatable bonds is 5. The molecule has 0 unspecified atom stereocenters. The highest BCUT2D eigenvalue weighted by Gasteiger charge is 2.19. The van der Waals surface area contributed by atoms with Crippen molar-refractivity contribution in [2.24, 2.45) is 0 Å². The molecular weight excluding hydrogens is 240 g/mol. The van der Waals surface area contributed by atoms with Crippen LogP contribution in [0.3, 0.4) is 0 Å². The fourth-order valence-electron chi connectivity index (χ4n) is 1.33. The van der Waals surface area contributed by atoms with Crippen LogP contribution in [-0.4, -0.2) is 35.1 Å². The van der Waals surface area contributed by atoms with E-state index < -0.39 is 12.0 Å². The van der Waals surface area contributed by atoms with Gasteiger partial charge < -0.3 is 15.3 Å². The van der Waals surface area contributed by atoms with E-state index in [1.54, 1.807) is 25.3 Å². The number of aliphatic carboxylic acids is 1. The number of nitrogens with one attached hydrogen (secondary N) is 1. The first kappa shape index (κ1) is 13.5. The Morgan fingerprint density at radius 2 is 2.29 bits per heavy atom. The van der Waals surface area contributed by atoms with Gasteiger partial charge in [-0.25, -0.2) is 9.59 Å². The SMILES string of the molecule is CC[C@H](NC(=O)N(C)Cc1ccsc1)C(=O)O. The van der Waals surface area contributed by atoms with Crippen LogP contribution in [0.1, 0.15) is 18.9 Å². The zero-order valence-electron chi connectivity index (χ0n) is 9.84. The molecule has 5 nitrogen and oxygen atoms in total. The van der Waals surface area contributed by atoms with Crippen LogP contribution in [0.2, 0.25) is 0 Å². The number of carboxylic acids is 1. The second kappa shape index (κ2) is 6.24. The first-order valence-electron chi connectivity index (χ1n) is 5.30. The number of nitrogens with zero attached hydrogens (tertiary/aromatic N) is 1. The van der Waals surface area contributed by atoms with Gasteiger partial charge in [-0.2, -0.15) is 11.3 Å². The Bertz CT molecular complexity index is 378. The van der Waals surface area contributed by atoms with Crippen LogP contribution in [0.5, 0.6) is 0 Å². The predicted molar refractivity (Wildman–Crippen MR) is 66.0 cm³/mol. The highest BCUT2D eigenvalue weighted by molar-refractivity contribution is 7.07. The van der Waals surface area contributed by atoms with Gasteiger partial charge in [-0.05, 0) is 28.8 Å². The van der Waals surface area contributed by atoms with Gasteiger partial charge in [-0.3, -0.25) is 0 Å². The van der Waals surface area contributed by atoms with E-state index in [4.69, 9.17) is 5.11 Å². The van der Waals surface area contributed by atoms with E-state index in [2.05, 4.69) is 5.32 Å². The van der Waals surface area contributed by atoms with Crippen LogP contribution in [0.15, 0.2) is 16.8 Å². The molecule has 0 radical (unpaired) electrons. The van der Waals surface area contributed by atoms with Gasteiger partial charge >= 0.3 is 12.0 Å². The molecule has 1 aromatic heterocycles. The van der Waals surface area contributed by atoms with Crippen molar-refractivity contribution in [1.82, 2.24) is 10.2 Å². The molecule has 0 aliphatic carbocycles. The van der Waals surface area contributed by atoms with Crippen molar-refractivity contribution in [3.63, 3.8) is 0 Å². The smallest absolute Gasteiger partial charge is 0.326 e. The lowest BCUT2D eigenvalue weighted by Gasteiger charge is -2.20. The third-order valence-corrected chi connectivity index (χ3v) is 3.08. The van der Waals surface area contributed by atoms with Gasteiger partial charge in [0.25, 0.3) is 0 Å². The number of amides is 2. The molecule has 1 rings (SSSR count). The highest BCUT2D eigenvalue weighted by atomic mass is 32.1. The molecule has 0 aliphatic rings. The fraction of sp³-hybridized carbons (Fsp3) is 0.455. The molecule has 0 saturated heterocycles. The van der Waals surface area contributed by atoms with Crippen LogP contribution < -0.4 is 5.32 Å². The number of carbonyl (C=O) groups is 2. The van der Waals surface area contributed by atoms with Crippen molar-refractivity contribution >= 4 is 23.3 Å². The van der Waals surface area contributed by atoms with Gasteiger partial charge in [0.2, 0.25) is 0 Å². The molecule has 0 bridgehead atoms. The Morgan fingerprint density at radius 1 is 1.59 bits per heavy atom. The standard InChI is InChI=1S/C11H16N2O3S/c1-3-9(10(14)15)12-11(16)13(2)6-8-4-5-17-7-8/h4-5,7,9H,3,6H2,1-2H3,(H,12,16)(H,14,15)/t9-/m0/s1. The van der Waals surface area contributed by atoms with Gasteiger partial charge in [-0.15, -0.1) is 0 Å². The van der Waals surface area contributed by atoms with E-state index in [0.29, 0.717) is 13.0 Å². The lowest BCUT2D eigenvalue weighted by molar-refractivity contribution is -0.139. The minimum atomic E-state index is -1.01. The van der Waals surface area contributed by atoms with Crippen LogP contribution in [0.25, 0.3) is 0 Å². The molecule has 0 spiro atoms. The highest BCUT2D eigenvalue weighted by Crippen LogP contribution is 2.08. The van der Waals surface area contributed by atoms with Crippen LogP contribution in [-0.2, 0) is 11.3 Å². The number of urea groups is 1. The fourth-order valence-corrected chi connectivity index (χ4v) is 1.99. The molecule has 2 amide bonds. The zero-order valence-corrected chi connectivity index (χ0v) is 10.7. The maximum absolute atomic E-state index is 11.7. The number of thiophene rings is 1. The van der Waals surface area contributed by atoms with Crippen molar-refractivity contribution < 1.29 is 14.7 Å². The molecule has 94 valence electrons. The van der Waals surface area contributed by atoms with Crippen LogP contribution in [0, 0.1) is 0 Å². The summed E-state index contributed by atoms with van der Waals surface area (Å²) in [5.74, 6) is -1.01. The summed E-state index contributed by atoms with van der Waals surface area (Å²) < 4.78 is 0. The Balaban J connectivity index is 2.49. The van der Waals surface area contributed by atoms with E-state index >= 15 is 0 Å². The predicted octanol–water partition coefficient (Wildman–Crippen LogP) is 1.75. The second-order valence-electron chi connectivity index (χ2n) is 3.74.